The third kappa shape index (κ3) is 3.77. The van der Waals surface area contributed by atoms with Crippen LogP contribution < -0.4 is 0 Å². The zero-order chi connectivity index (χ0) is 18.0. The quantitative estimate of drug-likeness (QED) is 0.815. The van der Waals surface area contributed by atoms with Crippen LogP contribution in [0.4, 0.5) is 0 Å². The molecule has 1 saturated heterocycles. The maximum atomic E-state index is 13.2. The first-order valence-electron chi connectivity index (χ1n) is 8.78. The molecule has 1 fully saturated rings. The van der Waals surface area contributed by atoms with Crippen molar-refractivity contribution < 1.29 is 14.3 Å². The van der Waals surface area contributed by atoms with E-state index >= 15 is 0 Å². The first-order chi connectivity index (χ1) is 12.0. The number of carbonyl (C=O) groups excluding carboxylic acids is 2. The number of nitrogens with one attached hydrogen (secondary N) is 1. The van der Waals surface area contributed by atoms with Gasteiger partial charge < -0.3 is 15.0 Å². The number of nitrogens with zero attached hydrogens (tertiary/aromatic N) is 1. The molecule has 6 heteroatoms. The van der Waals surface area contributed by atoms with Crippen LogP contribution in [0.1, 0.15) is 54.4 Å². The van der Waals surface area contributed by atoms with Crippen molar-refractivity contribution in [3.8, 4) is 0 Å². The predicted molar refractivity (Wildman–Crippen MR) is 96.7 cm³/mol. The van der Waals surface area contributed by atoms with Gasteiger partial charge in [-0.3, -0.25) is 9.59 Å². The monoisotopic (exact) mass is 362 g/mol. The van der Waals surface area contributed by atoms with E-state index in [1.165, 1.54) is 0 Å². The average Bonchev–Trinajstić information content (AvgIpc) is 2.91. The summed E-state index contributed by atoms with van der Waals surface area (Å²) >= 11 is 5.99. The molecule has 0 bridgehead atoms. The summed E-state index contributed by atoms with van der Waals surface area (Å²) in [5, 5.41) is 8.59. The first-order valence-corrected chi connectivity index (χ1v) is 9.16. The van der Waals surface area contributed by atoms with Crippen LogP contribution in [0.3, 0.4) is 0 Å². The molecule has 1 aliphatic carbocycles. The highest BCUT2D eigenvalue weighted by Gasteiger charge is 2.39. The van der Waals surface area contributed by atoms with Crippen molar-refractivity contribution in [2.45, 2.75) is 44.6 Å². The first kappa shape index (κ1) is 18.1. The van der Waals surface area contributed by atoms with Gasteiger partial charge in [-0.2, -0.15) is 0 Å². The molecular weight excluding hydrogens is 340 g/mol. The average molecular weight is 363 g/mol. The van der Waals surface area contributed by atoms with Crippen molar-refractivity contribution in [2.24, 2.45) is 0 Å². The minimum absolute atomic E-state index is 0.0283. The van der Waals surface area contributed by atoms with E-state index in [1.54, 1.807) is 18.2 Å². The van der Waals surface area contributed by atoms with Crippen molar-refractivity contribution >= 4 is 29.0 Å². The zero-order valence-corrected chi connectivity index (χ0v) is 15.1. The maximum Gasteiger partial charge on any atom is 0.231 e. The number of Topliss-reactive ketones (excluding diaryl/α,β-unsaturated/α-hetero) is 1. The number of rotatable bonds is 5. The van der Waals surface area contributed by atoms with Gasteiger partial charge in [-0.15, -0.1) is 0 Å². The number of ether oxygens (including phenoxy) is 1. The fourth-order valence-corrected chi connectivity index (χ4v) is 3.87. The molecule has 2 unspecified atom stereocenters. The number of ketones is 1. The van der Waals surface area contributed by atoms with Gasteiger partial charge in [-0.05, 0) is 24.1 Å². The number of carbonyl (C=O) groups is 2. The Morgan fingerprint density at radius 3 is 3.00 bits per heavy atom. The van der Waals surface area contributed by atoms with Crippen molar-refractivity contribution in [3.05, 3.63) is 34.3 Å². The van der Waals surface area contributed by atoms with E-state index in [9.17, 15) is 9.59 Å². The van der Waals surface area contributed by atoms with Crippen molar-refractivity contribution in [1.82, 2.24) is 4.90 Å². The molecule has 25 heavy (non-hydrogen) atoms. The SMILES string of the molecule is CCCC(=N)CC1COCCN1C(=O)C1CC(=O)c2cc(Cl)ccc21. The van der Waals surface area contributed by atoms with Gasteiger partial charge >= 0.3 is 0 Å². The largest absolute Gasteiger partial charge is 0.377 e. The lowest BCUT2D eigenvalue weighted by atomic mass is 9.97. The Balaban J connectivity index is 1.79. The number of benzene rings is 1. The standard InChI is InChI=1S/C19H23ClN2O3/c1-2-3-13(21)9-14-11-25-7-6-22(14)19(24)17-10-18(23)16-8-12(20)4-5-15(16)17/h4-5,8,14,17,21H,2-3,6-7,9-11H2,1H3. The Labute approximate surface area is 152 Å². The van der Waals surface area contributed by atoms with Crippen LogP contribution in [0, 0.1) is 5.41 Å². The predicted octanol–water partition coefficient (Wildman–Crippen LogP) is 3.45. The molecule has 0 spiro atoms. The minimum Gasteiger partial charge on any atom is -0.377 e. The molecule has 1 amide bonds. The Bertz CT molecular complexity index is 704. The number of halogens is 1. The lowest BCUT2D eigenvalue weighted by molar-refractivity contribution is -0.141. The van der Waals surface area contributed by atoms with Gasteiger partial charge in [-0.25, -0.2) is 0 Å². The molecule has 2 atom stereocenters. The molecule has 1 aromatic rings. The normalized spacial score (nSPS) is 22.8. The fraction of sp³-hybridized carbons (Fsp3) is 0.526. The second-order valence-corrected chi connectivity index (χ2v) is 7.17. The van der Waals surface area contributed by atoms with Crippen LogP contribution >= 0.6 is 11.6 Å². The van der Waals surface area contributed by atoms with E-state index < -0.39 is 5.92 Å². The summed E-state index contributed by atoms with van der Waals surface area (Å²) in [5.74, 6) is -0.507. The lowest BCUT2D eigenvalue weighted by Crippen LogP contribution is -2.50. The number of hydrogen-bond donors (Lipinski definition) is 1. The van der Waals surface area contributed by atoms with Gasteiger partial charge in [0, 0.05) is 35.7 Å². The van der Waals surface area contributed by atoms with Crippen LogP contribution in [0.5, 0.6) is 0 Å². The molecule has 134 valence electrons. The van der Waals surface area contributed by atoms with Gasteiger partial charge in [-0.1, -0.05) is 31.0 Å². The smallest absolute Gasteiger partial charge is 0.231 e. The Kier molecular flexibility index (Phi) is 5.54. The topological polar surface area (TPSA) is 70.5 Å². The number of hydrogen-bond acceptors (Lipinski definition) is 4. The van der Waals surface area contributed by atoms with Gasteiger partial charge in [0.2, 0.25) is 5.91 Å². The highest BCUT2D eigenvalue weighted by Crippen LogP contribution is 2.36. The van der Waals surface area contributed by atoms with E-state index in [2.05, 4.69) is 0 Å². The molecule has 1 N–H and O–H groups in total. The molecule has 5 nitrogen and oxygen atoms in total. The Morgan fingerprint density at radius 2 is 2.24 bits per heavy atom. The summed E-state index contributed by atoms with van der Waals surface area (Å²) in [6, 6.07) is 5.05. The molecule has 1 heterocycles. The fourth-order valence-electron chi connectivity index (χ4n) is 3.70. The third-order valence-corrected chi connectivity index (χ3v) is 5.16. The second-order valence-electron chi connectivity index (χ2n) is 6.73. The van der Waals surface area contributed by atoms with Crippen LogP contribution in [-0.4, -0.2) is 48.1 Å². The molecular formula is C19H23ClN2O3. The van der Waals surface area contributed by atoms with E-state index in [4.69, 9.17) is 21.7 Å². The van der Waals surface area contributed by atoms with E-state index in [-0.39, 0.29) is 24.2 Å². The van der Waals surface area contributed by atoms with E-state index in [1.807, 2.05) is 11.8 Å². The highest BCUT2D eigenvalue weighted by atomic mass is 35.5. The van der Waals surface area contributed by atoms with Gasteiger partial charge in [0.15, 0.2) is 5.78 Å². The second kappa shape index (κ2) is 7.67. The van der Waals surface area contributed by atoms with Crippen molar-refractivity contribution in [3.63, 3.8) is 0 Å². The molecule has 0 radical (unpaired) electrons. The highest BCUT2D eigenvalue weighted by molar-refractivity contribution is 6.31. The molecule has 3 rings (SSSR count). The lowest BCUT2D eigenvalue weighted by Gasteiger charge is -2.37. The number of fused-ring (bicyclic) bond motifs is 1. The number of amides is 1. The van der Waals surface area contributed by atoms with Gasteiger partial charge in [0.05, 0.1) is 25.2 Å². The van der Waals surface area contributed by atoms with Crippen molar-refractivity contribution in [1.29, 1.82) is 5.41 Å². The van der Waals surface area contributed by atoms with E-state index in [0.29, 0.717) is 42.5 Å². The van der Waals surface area contributed by atoms with Crippen LogP contribution in [0.25, 0.3) is 0 Å². The summed E-state index contributed by atoms with van der Waals surface area (Å²) in [6.45, 7) is 3.50. The van der Waals surface area contributed by atoms with E-state index in [0.717, 1.165) is 18.4 Å². The molecule has 0 aromatic heterocycles. The van der Waals surface area contributed by atoms with Crippen LogP contribution in [0.15, 0.2) is 18.2 Å². The molecule has 0 saturated carbocycles. The van der Waals surface area contributed by atoms with Crippen LogP contribution in [-0.2, 0) is 9.53 Å². The Hall–Kier alpha value is -1.72. The van der Waals surface area contributed by atoms with Crippen molar-refractivity contribution in [2.75, 3.05) is 19.8 Å². The van der Waals surface area contributed by atoms with Gasteiger partial charge in [0.1, 0.15) is 0 Å². The minimum atomic E-state index is -0.444. The summed E-state index contributed by atoms with van der Waals surface area (Å²) in [5.41, 5.74) is 1.98. The molecule has 1 aliphatic heterocycles. The molecule has 1 aromatic carbocycles. The summed E-state index contributed by atoms with van der Waals surface area (Å²) in [4.78, 5) is 27.2. The summed E-state index contributed by atoms with van der Waals surface area (Å²) in [7, 11) is 0. The summed E-state index contributed by atoms with van der Waals surface area (Å²) < 4.78 is 5.54. The number of morpholine rings is 1. The summed E-state index contributed by atoms with van der Waals surface area (Å²) in [6.07, 6.45) is 2.39. The van der Waals surface area contributed by atoms with Crippen LogP contribution in [0.2, 0.25) is 5.02 Å². The molecule has 2 aliphatic rings. The Morgan fingerprint density at radius 1 is 1.44 bits per heavy atom. The third-order valence-electron chi connectivity index (χ3n) is 4.92. The van der Waals surface area contributed by atoms with Gasteiger partial charge in [0.25, 0.3) is 0 Å². The zero-order valence-electron chi connectivity index (χ0n) is 14.4. The maximum absolute atomic E-state index is 13.2.